The highest BCUT2D eigenvalue weighted by molar-refractivity contribution is 6.06. The number of fused-ring (bicyclic) bond motifs is 13. The topological polar surface area (TPSA) is 51.8 Å². The van der Waals surface area contributed by atoms with Crippen molar-refractivity contribution >= 4 is 21.9 Å². The summed E-state index contributed by atoms with van der Waals surface area (Å²) in [5.41, 5.74) is 19.2. The summed E-state index contributed by atoms with van der Waals surface area (Å²) in [6.07, 6.45) is 0. The van der Waals surface area contributed by atoms with Crippen molar-refractivity contribution in [2.45, 2.75) is 5.41 Å². The number of aromatic nitrogens is 3. The Kier molecular flexibility index (Phi) is 7.49. The van der Waals surface area contributed by atoms with Gasteiger partial charge < -0.3 is 4.42 Å². The molecule has 0 atom stereocenters. The molecular formula is C58H35N3O. The summed E-state index contributed by atoms with van der Waals surface area (Å²) in [5.74, 6) is 1.88. The van der Waals surface area contributed by atoms with Gasteiger partial charge in [0.1, 0.15) is 11.2 Å². The minimum atomic E-state index is -0.433. The Labute approximate surface area is 358 Å². The second-order valence-corrected chi connectivity index (χ2v) is 16.3. The van der Waals surface area contributed by atoms with E-state index < -0.39 is 5.41 Å². The van der Waals surface area contributed by atoms with Crippen molar-refractivity contribution in [2.75, 3.05) is 0 Å². The molecular weight excluding hydrogens is 755 g/mol. The van der Waals surface area contributed by atoms with Gasteiger partial charge in [0.15, 0.2) is 17.5 Å². The highest BCUT2D eigenvalue weighted by Crippen LogP contribution is 2.64. The molecule has 2 aromatic heterocycles. The third-order valence-corrected chi connectivity index (χ3v) is 13.0. The zero-order valence-corrected chi connectivity index (χ0v) is 33.5. The standard InChI is InChI=1S/C58H35N3O/c1-2-13-38(14-3-1)55-59-56(39-29-25-36(26-30-39)41-33-34-47-46-18-7-11-24-52(46)62-53(47)35-41)61-57(60-55)40-31-27-37(28-32-40)42-19-12-20-48-45-17-6-10-23-51(45)58(54(42)48)49-21-8-4-15-43(49)44-16-5-9-22-50(44)58/h1-35H. The van der Waals surface area contributed by atoms with Gasteiger partial charge in [0.2, 0.25) is 0 Å². The normalized spacial score (nSPS) is 13.0. The zero-order chi connectivity index (χ0) is 40.8. The fraction of sp³-hybridized carbons (Fsp3) is 0.0172. The lowest BCUT2D eigenvalue weighted by Gasteiger charge is -2.32. The Morgan fingerprint density at radius 3 is 1.35 bits per heavy atom. The molecule has 0 bridgehead atoms. The molecule has 0 N–H and O–H groups in total. The lowest BCUT2D eigenvalue weighted by atomic mass is 9.68. The molecule has 4 heteroatoms. The molecule has 2 heterocycles. The SMILES string of the molecule is c1ccc(-c2nc(-c3ccc(-c4ccc5c(c4)oc4ccccc45)cc3)nc(-c3ccc(-c4cccc5c4C4(c6ccccc6-c6ccccc64)c4ccccc4-5)cc3)n2)cc1. The van der Waals surface area contributed by atoms with Crippen LogP contribution in [0.1, 0.15) is 22.3 Å². The number of nitrogens with zero attached hydrogens (tertiary/aromatic N) is 3. The van der Waals surface area contributed by atoms with E-state index in [0.29, 0.717) is 17.5 Å². The van der Waals surface area contributed by atoms with Gasteiger partial charge in [-0.05, 0) is 85.0 Å². The first-order chi connectivity index (χ1) is 30.7. The second-order valence-electron chi connectivity index (χ2n) is 16.3. The van der Waals surface area contributed by atoms with Gasteiger partial charge in [0.05, 0.1) is 5.41 Å². The molecule has 62 heavy (non-hydrogen) atoms. The van der Waals surface area contributed by atoms with E-state index in [-0.39, 0.29) is 0 Å². The van der Waals surface area contributed by atoms with Crippen molar-refractivity contribution in [3.63, 3.8) is 0 Å². The summed E-state index contributed by atoms with van der Waals surface area (Å²) in [6.45, 7) is 0. The third kappa shape index (κ3) is 5.04. The van der Waals surface area contributed by atoms with Crippen molar-refractivity contribution in [3.8, 4) is 78.7 Å². The number of rotatable bonds is 5. The maximum atomic E-state index is 6.20. The predicted octanol–water partition coefficient (Wildman–Crippen LogP) is 14.4. The van der Waals surface area contributed by atoms with Gasteiger partial charge in [0, 0.05) is 27.5 Å². The molecule has 0 saturated heterocycles. The fourth-order valence-electron chi connectivity index (χ4n) is 10.3. The number of hydrogen-bond donors (Lipinski definition) is 0. The maximum absolute atomic E-state index is 6.20. The van der Waals surface area contributed by atoms with Crippen LogP contribution in [0.5, 0.6) is 0 Å². The quantitative estimate of drug-likeness (QED) is 0.174. The minimum Gasteiger partial charge on any atom is -0.456 e. The largest absolute Gasteiger partial charge is 0.456 e. The van der Waals surface area contributed by atoms with Crippen LogP contribution in [-0.4, -0.2) is 15.0 Å². The molecule has 0 aliphatic heterocycles. The average Bonchev–Trinajstić information content (AvgIpc) is 3.98. The molecule has 0 radical (unpaired) electrons. The molecule has 4 nitrogen and oxygen atoms in total. The highest BCUT2D eigenvalue weighted by atomic mass is 16.3. The van der Waals surface area contributed by atoms with Crippen LogP contribution in [0, 0.1) is 0 Å². The summed E-state index contributed by atoms with van der Waals surface area (Å²) in [5, 5.41) is 2.25. The maximum Gasteiger partial charge on any atom is 0.164 e. The summed E-state index contributed by atoms with van der Waals surface area (Å²) in [4.78, 5) is 15.2. The van der Waals surface area contributed by atoms with Crippen LogP contribution in [0.25, 0.3) is 101 Å². The first kappa shape index (κ1) is 34.6. The Morgan fingerprint density at radius 1 is 0.290 bits per heavy atom. The van der Waals surface area contributed by atoms with Crippen LogP contribution >= 0.6 is 0 Å². The third-order valence-electron chi connectivity index (χ3n) is 13.0. The van der Waals surface area contributed by atoms with Crippen molar-refractivity contribution < 1.29 is 4.42 Å². The van der Waals surface area contributed by atoms with Crippen molar-refractivity contribution in [1.29, 1.82) is 0 Å². The monoisotopic (exact) mass is 789 g/mol. The minimum absolute atomic E-state index is 0.433. The molecule has 11 aromatic rings. The molecule has 288 valence electrons. The number of furan rings is 1. The fourth-order valence-corrected chi connectivity index (χ4v) is 10.3. The van der Waals surface area contributed by atoms with Crippen molar-refractivity contribution in [3.05, 3.63) is 235 Å². The second kappa shape index (κ2) is 13.4. The highest BCUT2D eigenvalue weighted by Gasteiger charge is 2.52. The van der Waals surface area contributed by atoms with Gasteiger partial charge in [-0.1, -0.05) is 194 Å². The molecule has 0 unspecified atom stereocenters. The van der Waals surface area contributed by atoms with E-state index in [2.05, 4.69) is 164 Å². The summed E-state index contributed by atoms with van der Waals surface area (Å²) < 4.78 is 6.20. The van der Waals surface area contributed by atoms with Gasteiger partial charge in [-0.2, -0.15) is 0 Å². The van der Waals surface area contributed by atoms with E-state index in [4.69, 9.17) is 19.4 Å². The lowest BCUT2D eigenvalue weighted by molar-refractivity contribution is 0.669. The van der Waals surface area contributed by atoms with E-state index in [1.807, 2.05) is 48.5 Å². The Bertz CT molecular complexity index is 3500. The van der Waals surface area contributed by atoms with Gasteiger partial charge in [0.25, 0.3) is 0 Å². The molecule has 9 aromatic carbocycles. The smallest absolute Gasteiger partial charge is 0.164 e. The molecule has 2 aliphatic carbocycles. The molecule has 0 amide bonds. The van der Waals surface area contributed by atoms with Crippen LogP contribution in [0.4, 0.5) is 0 Å². The van der Waals surface area contributed by atoms with Crippen molar-refractivity contribution in [2.24, 2.45) is 0 Å². The van der Waals surface area contributed by atoms with Crippen LogP contribution in [0.15, 0.2) is 217 Å². The first-order valence-electron chi connectivity index (χ1n) is 21.1. The summed E-state index contributed by atoms with van der Waals surface area (Å²) in [7, 11) is 0. The lowest BCUT2D eigenvalue weighted by Crippen LogP contribution is -2.26. The Balaban J connectivity index is 0.907. The zero-order valence-electron chi connectivity index (χ0n) is 33.5. The molecule has 1 spiro atoms. The van der Waals surface area contributed by atoms with Gasteiger partial charge in [-0.3, -0.25) is 0 Å². The summed E-state index contributed by atoms with van der Waals surface area (Å²) >= 11 is 0. The van der Waals surface area contributed by atoms with E-state index in [9.17, 15) is 0 Å². The first-order valence-corrected chi connectivity index (χ1v) is 21.1. The number of hydrogen-bond acceptors (Lipinski definition) is 4. The van der Waals surface area contributed by atoms with Crippen molar-refractivity contribution in [1.82, 2.24) is 15.0 Å². The summed E-state index contributed by atoms with van der Waals surface area (Å²) in [6, 6.07) is 75.7. The Hall–Kier alpha value is -8.21. The van der Waals surface area contributed by atoms with E-state index in [1.54, 1.807) is 0 Å². The van der Waals surface area contributed by atoms with E-state index in [1.165, 1.54) is 50.1 Å². The average molecular weight is 790 g/mol. The van der Waals surface area contributed by atoms with Gasteiger partial charge in [-0.15, -0.1) is 0 Å². The molecule has 0 fully saturated rings. The van der Waals surface area contributed by atoms with Crippen LogP contribution in [0.2, 0.25) is 0 Å². The number of para-hydroxylation sites is 1. The van der Waals surface area contributed by atoms with Crippen LogP contribution < -0.4 is 0 Å². The van der Waals surface area contributed by atoms with Crippen LogP contribution in [0.3, 0.4) is 0 Å². The molecule has 0 saturated carbocycles. The van der Waals surface area contributed by atoms with Gasteiger partial charge in [-0.25, -0.2) is 15.0 Å². The Morgan fingerprint density at radius 2 is 0.726 bits per heavy atom. The number of benzene rings is 9. The molecule has 13 rings (SSSR count). The molecule has 2 aliphatic rings. The van der Waals surface area contributed by atoms with E-state index in [0.717, 1.165) is 55.3 Å². The van der Waals surface area contributed by atoms with Gasteiger partial charge >= 0.3 is 0 Å². The van der Waals surface area contributed by atoms with Crippen LogP contribution in [-0.2, 0) is 5.41 Å². The predicted molar refractivity (Wildman–Crippen MR) is 251 cm³/mol. The van der Waals surface area contributed by atoms with E-state index >= 15 is 0 Å².